The first kappa shape index (κ1) is 27.7. The van der Waals surface area contributed by atoms with Gasteiger partial charge in [-0.05, 0) is 56.3 Å². The minimum atomic E-state index is -1.41. The number of likely N-dealkylation sites (tertiary alicyclic amines) is 1. The summed E-state index contributed by atoms with van der Waals surface area (Å²) in [5, 5.41) is 24.0. The number of nitrogens with zero attached hydrogens (tertiary/aromatic N) is 5. The minimum absolute atomic E-state index is 0.0903. The van der Waals surface area contributed by atoms with Crippen LogP contribution in [0.5, 0.6) is 0 Å². The number of hydrogen-bond acceptors (Lipinski definition) is 10. The molecule has 2 saturated heterocycles. The van der Waals surface area contributed by atoms with E-state index in [9.17, 15) is 19.8 Å². The lowest BCUT2D eigenvalue weighted by molar-refractivity contribution is -0.137. The van der Waals surface area contributed by atoms with Gasteiger partial charge in [0.2, 0.25) is 5.82 Å². The third-order valence-corrected chi connectivity index (χ3v) is 8.52. The number of nitrogens with one attached hydrogen (secondary N) is 1. The molecule has 4 atom stereocenters. The number of ether oxygens (including phenoxy) is 2. The second-order valence-electron chi connectivity index (χ2n) is 11.6. The smallest absolute Gasteiger partial charge is 0.409 e. The number of hydrogen-bond donors (Lipinski definition) is 4. The summed E-state index contributed by atoms with van der Waals surface area (Å²) in [5.41, 5.74) is 6.72. The molecule has 0 unspecified atom stereocenters. The predicted octanol–water partition coefficient (Wildman–Crippen LogP) is 1.09. The summed E-state index contributed by atoms with van der Waals surface area (Å²) in [6.07, 6.45) is 4.94. The second-order valence-corrected chi connectivity index (χ2v) is 11.6. The third-order valence-electron chi connectivity index (χ3n) is 8.52. The summed E-state index contributed by atoms with van der Waals surface area (Å²) in [6.45, 7) is 1.83. The molecule has 0 radical (unpaired) electrons. The fourth-order valence-corrected chi connectivity index (χ4v) is 5.85. The average molecular weight is 568 g/mol. The van der Waals surface area contributed by atoms with Crippen LogP contribution in [0.3, 0.4) is 0 Å². The van der Waals surface area contributed by atoms with E-state index in [2.05, 4.69) is 32.1 Å². The highest BCUT2D eigenvalue weighted by Gasteiger charge is 2.48. The summed E-state index contributed by atoms with van der Waals surface area (Å²) in [7, 11) is 0. The van der Waals surface area contributed by atoms with Gasteiger partial charge in [0.05, 0.1) is 12.9 Å². The number of carbonyl (C=O) groups excluding carboxylic acids is 2. The number of anilines is 1. The first-order chi connectivity index (χ1) is 19.9. The van der Waals surface area contributed by atoms with Crippen molar-refractivity contribution in [2.45, 2.75) is 88.4 Å². The van der Waals surface area contributed by atoms with E-state index in [1.54, 1.807) is 4.90 Å². The lowest BCUT2D eigenvalue weighted by Gasteiger charge is -2.30. The number of imidazole rings is 1. The van der Waals surface area contributed by atoms with Gasteiger partial charge in [-0.15, -0.1) is 0 Å². The SMILES string of the molecule is Nc1nc(C#CCC2CCN(C(=O)OCC3CCCC3)CC2)nc2c1ncn2[C@@H]1O[C@H](C(=O)NC2CC2)[C@H](O)[C@@H]1O. The Morgan fingerprint density at radius 1 is 1.07 bits per heavy atom. The van der Waals surface area contributed by atoms with Crippen molar-refractivity contribution in [1.29, 1.82) is 0 Å². The zero-order chi connectivity index (χ0) is 28.5. The second kappa shape index (κ2) is 11.8. The van der Waals surface area contributed by atoms with E-state index in [0.717, 1.165) is 38.5 Å². The van der Waals surface area contributed by atoms with Gasteiger partial charge < -0.3 is 35.6 Å². The monoisotopic (exact) mass is 567 g/mol. The van der Waals surface area contributed by atoms with E-state index < -0.39 is 30.4 Å². The van der Waals surface area contributed by atoms with Crippen molar-refractivity contribution in [3.8, 4) is 11.8 Å². The number of carbonyl (C=O) groups is 2. The lowest BCUT2D eigenvalue weighted by Crippen LogP contribution is -2.43. The molecule has 5 N–H and O–H groups in total. The molecule has 2 aromatic rings. The van der Waals surface area contributed by atoms with Gasteiger partial charge in [-0.1, -0.05) is 18.8 Å². The van der Waals surface area contributed by atoms with Crippen molar-refractivity contribution in [3.05, 3.63) is 12.2 Å². The Balaban J connectivity index is 1.06. The molecule has 2 aliphatic carbocycles. The molecule has 0 spiro atoms. The molecule has 2 aromatic heterocycles. The Morgan fingerprint density at radius 2 is 1.83 bits per heavy atom. The van der Waals surface area contributed by atoms with Crippen LogP contribution in [0.1, 0.15) is 69.8 Å². The highest BCUT2D eigenvalue weighted by molar-refractivity contribution is 5.83. The molecular weight excluding hydrogens is 530 g/mol. The van der Waals surface area contributed by atoms with E-state index in [1.165, 1.54) is 23.7 Å². The van der Waals surface area contributed by atoms with Gasteiger partial charge in [0.1, 0.15) is 17.7 Å². The van der Waals surface area contributed by atoms with E-state index >= 15 is 0 Å². The molecule has 2 amide bonds. The molecule has 41 heavy (non-hydrogen) atoms. The van der Waals surface area contributed by atoms with Gasteiger partial charge in [0.15, 0.2) is 23.8 Å². The summed E-state index contributed by atoms with van der Waals surface area (Å²) in [5.74, 6) is 6.84. The molecule has 4 aliphatic rings. The number of nitrogens with two attached hydrogens (primary N) is 1. The molecule has 0 aromatic carbocycles. The van der Waals surface area contributed by atoms with E-state index in [-0.39, 0.29) is 29.4 Å². The van der Waals surface area contributed by atoms with Gasteiger partial charge >= 0.3 is 6.09 Å². The standard InChI is InChI=1S/C28H37N7O6/c29-24-20-25(35(15-30-20)27-22(37)21(36)23(41-27)26(38)31-18-8-9-18)33-19(32-24)7-3-6-16-10-12-34(13-11-16)28(39)40-14-17-4-1-2-5-17/h15-18,21-23,27,36-37H,1-2,4-6,8-14H2,(H,31,38)(H2,29,32,33)/t21-,22+,23+,27-/m1/s1. The molecular formula is C28H37N7O6. The van der Waals surface area contributed by atoms with Crippen molar-refractivity contribution in [1.82, 2.24) is 29.7 Å². The lowest BCUT2D eigenvalue weighted by atomic mass is 9.94. The Morgan fingerprint density at radius 3 is 2.56 bits per heavy atom. The number of amides is 2. The van der Waals surface area contributed by atoms with Crippen LogP contribution in [0.25, 0.3) is 11.2 Å². The maximum atomic E-state index is 12.5. The van der Waals surface area contributed by atoms with Crippen LogP contribution in [-0.4, -0.2) is 90.7 Å². The largest absolute Gasteiger partial charge is 0.449 e. The Labute approximate surface area is 237 Å². The first-order valence-electron chi connectivity index (χ1n) is 14.6. The predicted molar refractivity (Wildman–Crippen MR) is 146 cm³/mol. The van der Waals surface area contributed by atoms with Crippen molar-refractivity contribution in [2.75, 3.05) is 25.4 Å². The molecule has 220 valence electrons. The summed E-state index contributed by atoms with van der Waals surface area (Å²) in [4.78, 5) is 39.7. The molecule has 6 rings (SSSR count). The number of aromatic nitrogens is 4. The number of aliphatic hydroxyl groups excluding tert-OH is 2. The van der Waals surface area contributed by atoms with Crippen LogP contribution in [0.4, 0.5) is 10.6 Å². The molecule has 13 heteroatoms. The topological polar surface area (TPSA) is 178 Å². The molecule has 2 aliphatic heterocycles. The van der Waals surface area contributed by atoms with E-state index in [0.29, 0.717) is 43.5 Å². The van der Waals surface area contributed by atoms with Crippen LogP contribution in [-0.2, 0) is 14.3 Å². The molecule has 2 saturated carbocycles. The highest BCUT2D eigenvalue weighted by atomic mass is 16.6. The normalized spacial score (nSPS) is 27.1. The summed E-state index contributed by atoms with van der Waals surface area (Å²) >= 11 is 0. The van der Waals surface area contributed by atoms with Crippen LogP contribution >= 0.6 is 0 Å². The van der Waals surface area contributed by atoms with Crippen LogP contribution in [0.15, 0.2) is 6.33 Å². The maximum absolute atomic E-state index is 12.5. The number of nitrogen functional groups attached to an aromatic ring is 1. The van der Waals surface area contributed by atoms with Gasteiger partial charge in [-0.25, -0.2) is 19.7 Å². The third kappa shape index (κ3) is 6.10. The zero-order valence-corrected chi connectivity index (χ0v) is 22.9. The van der Waals surface area contributed by atoms with Crippen molar-refractivity contribution >= 4 is 29.0 Å². The number of rotatable bonds is 6. The Kier molecular flexibility index (Phi) is 7.96. The van der Waals surface area contributed by atoms with E-state index in [1.807, 2.05) is 0 Å². The van der Waals surface area contributed by atoms with Crippen LogP contribution in [0.2, 0.25) is 0 Å². The molecule has 4 heterocycles. The molecule has 13 nitrogen and oxygen atoms in total. The zero-order valence-electron chi connectivity index (χ0n) is 22.9. The fourth-order valence-electron chi connectivity index (χ4n) is 5.85. The number of aliphatic hydroxyl groups is 2. The average Bonchev–Trinajstić information content (AvgIpc) is 3.32. The highest BCUT2D eigenvalue weighted by Crippen LogP contribution is 2.33. The Hall–Kier alpha value is -3.47. The van der Waals surface area contributed by atoms with Gasteiger partial charge in [-0.2, -0.15) is 0 Å². The van der Waals surface area contributed by atoms with Gasteiger partial charge in [0.25, 0.3) is 5.91 Å². The quantitative estimate of drug-likeness (QED) is 0.369. The van der Waals surface area contributed by atoms with Crippen LogP contribution in [0, 0.1) is 23.7 Å². The number of piperidine rings is 1. The molecule has 0 bridgehead atoms. The van der Waals surface area contributed by atoms with Crippen molar-refractivity contribution in [3.63, 3.8) is 0 Å². The summed E-state index contributed by atoms with van der Waals surface area (Å²) in [6, 6.07) is 0.0903. The van der Waals surface area contributed by atoms with Gasteiger partial charge in [0, 0.05) is 25.6 Å². The fraction of sp³-hybridized carbons (Fsp3) is 0.679. The summed E-state index contributed by atoms with van der Waals surface area (Å²) < 4.78 is 12.8. The maximum Gasteiger partial charge on any atom is 0.409 e. The van der Waals surface area contributed by atoms with Crippen LogP contribution < -0.4 is 11.1 Å². The first-order valence-corrected chi connectivity index (χ1v) is 14.6. The van der Waals surface area contributed by atoms with Gasteiger partial charge in [-0.3, -0.25) is 9.36 Å². The van der Waals surface area contributed by atoms with E-state index in [4.69, 9.17) is 15.2 Å². The minimum Gasteiger partial charge on any atom is -0.449 e. The van der Waals surface area contributed by atoms with Crippen molar-refractivity contribution in [2.24, 2.45) is 11.8 Å². The number of fused-ring (bicyclic) bond motifs is 1. The Bertz CT molecular complexity index is 1340. The molecule has 4 fully saturated rings. The van der Waals surface area contributed by atoms with Crippen molar-refractivity contribution < 1.29 is 29.3 Å².